The smallest absolute Gasteiger partial charge is 0.278 e. The summed E-state index contributed by atoms with van der Waals surface area (Å²) in [7, 11) is 1.64. The summed E-state index contributed by atoms with van der Waals surface area (Å²) in [6, 6.07) is 0. The molecule has 0 aliphatic heterocycles. The van der Waals surface area contributed by atoms with E-state index in [1.165, 1.54) is 0 Å². The van der Waals surface area contributed by atoms with Crippen molar-refractivity contribution in [2.24, 2.45) is 0 Å². The maximum absolute atomic E-state index is 11.6. The number of aromatic nitrogens is 4. The van der Waals surface area contributed by atoms with Gasteiger partial charge in [-0.15, -0.1) is 0 Å². The molecule has 7 heteroatoms. The van der Waals surface area contributed by atoms with Crippen molar-refractivity contribution < 1.29 is 4.74 Å². The largest absolute Gasteiger partial charge is 0.385 e. The van der Waals surface area contributed by atoms with Gasteiger partial charge in [0.25, 0.3) is 5.56 Å². The van der Waals surface area contributed by atoms with Crippen molar-refractivity contribution in [1.82, 2.24) is 19.5 Å². The Bertz CT molecular complexity index is 548. The summed E-state index contributed by atoms with van der Waals surface area (Å²) in [5.41, 5.74) is 0.539. The van der Waals surface area contributed by atoms with Crippen molar-refractivity contribution in [3.8, 4) is 0 Å². The first kappa shape index (κ1) is 11.1. The van der Waals surface area contributed by atoms with Crippen LogP contribution in [0.5, 0.6) is 0 Å². The summed E-state index contributed by atoms with van der Waals surface area (Å²) in [4.78, 5) is 22.0. The second-order valence-electron chi connectivity index (χ2n) is 3.31. The lowest BCUT2D eigenvalue weighted by Crippen LogP contribution is -2.12. The Labute approximate surface area is 96.2 Å². The highest BCUT2D eigenvalue weighted by Crippen LogP contribution is 2.07. The van der Waals surface area contributed by atoms with Crippen LogP contribution in [-0.4, -0.2) is 33.2 Å². The van der Waals surface area contributed by atoms with Crippen molar-refractivity contribution in [2.75, 3.05) is 13.7 Å². The lowest BCUT2D eigenvalue weighted by molar-refractivity contribution is 0.190. The third-order valence-electron chi connectivity index (χ3n) is 2.20. The second-order valence-corrected chi connectivity index (χ2v) is 3.67. The zero-order chi connectivity index (χ0) is 11.5. The van der Waals surface area contributed by atoms with Gasteiger partial charge in [0.2, 0.25) is 5.28 Å². The van der Waals surface area contributed by atoms with Gasteiger partial charge < -0.3 is 9.30 Å². The van der Waals surface area contributed by atoms with Gasteiger partial charge in [-0.25, -0.2) is 4.98 Å². The van der Waals surface area contributed by atoms with Gasteiger partial charge in [0.1, 0.15) is 0 Å². The number of nitrogens with one attached hydrogen (secondary N) is 1. The third kappa shape index (κ3) is 2.07. The predicted molar refractivity (Wildman–Crippen MR) is 59.7 cm³/mol. The SMILES string of the molecule is COCCCn1cnc2nc(Cl)[nH]c(=O)c21. The van der Waals surface area contributed by atoms with Crippen LogP contribution in [0.15, 0.2) is 11.1 Å². The highest BCUT2D eigenvalue weighted by molar-refractivity contribution is 6.28. The zero-order valence-corrected chi connectivity index (χ0v) is 9.49. The summed E-state index contributed by atoms with van der Waals surface area (Å²) in [6.45, 7) is 1.30. The highest BCUT2D eigenvalue weighted by atomic mass is 35.5. The molecule has 6 nitrogen and oxygen atoms in total. The van der Waals surface area contributed by atoms with E-state index in [1.54, 1.807) is 18.0 Å². The Balaban J connectivity index is 2.37. The molecule has 2 rings (SSSR count). The molecule has 2 aromatic heterocycles. The minimum Gasteiger partial charge on any atom is -0.385 e. The van der Waals surface area contributed by atoms with Crippen LogP contribution >= 0.6 is 11.6 Å². The molecule has 0 bridgehead atoms. The molecule has 0 fully saturated rings. The van der Waals surface area contributed by atoms with Crippen LogP contribution in [0.4, 0.5) is 0 Å². The van der Waals surface area contributed by atoms with Crippen LogP contribution in [0.2, 0.25) is 5.28 Å². The molecule has 0 saturated carbocycles. The second kappa shape index (κ2) is 4.63. The van der Waals surface area contributed by atoms with Crippen molar-refractivity contribution in [2.45, 2.75) is 13.0 Å². The first-order valence-corrected chi connectivity index (χ1v) is 5.20. The van der Waals surface area contributed by atoms with E-state index >= 15 is 0 Å². The molecule has 0 spiro atoms. The number of rotatable bonds is 4. The molecular weight excluding hydrogens is 232 g/mol. The molecule has 0 aliphatic carbocycles. The molecule has 2 heterocycles. The quantitative estimate of drug-likeness (QED) is 0.636. The van der Waals surface area contributed by atoms with Crippen molar-refractivity contribution in [3.05, 3.63) is 22.0 Å². The molecule has 16 heavy (non-hydrogen) atoms. The Kier molecular flexibility index (Phi) is 3.21. The van der Waals surface area contributed by atoms with Crippen LogP contribution in [0.1, 0.15) is 6.42 Å². The molecule has 0 unspecified atom stereocenters. The topological polar surface area (TPSA) is 72.8 Å². The van der Waals surface area contributed by atoms with Gasteiger partial charge in [-0.05, 0) is 18.0 Å². The highest BCUT2D eigenvalue weighted by Gasteiger charge is 2.08. The molecule has 0 aromatic carbocycles. The number of halogens is 1. The fraction of sp³-hybridized carbons (Fsp3) is 0.444. The number of ether oxygens (including phenoxy) is 1. The maximum Gasteiger partial charge on any atom is 0.278 e. The van der Waals surface area contributed by atoms with E-state index in [0.29, 0.717) is 24.3 Å². The minimum absolute atomic E-state index is 0.0552. The fourth-order valence-electron chi connectivity index (χ4n) is 1.51. The average Bonchev–Trinajstić information content (AvgIpc) is 2.62. The summed E-state index contributed by atoms with van der Waals surface area (Å²) in [5.74, 6) is 0. The molecular formula is C9H11ClN4O2. The number of hydrogen-bond donors (Lipinski definition) is 1. The van der Waals surface area contributed by atoms with Gasteiger partial charge in [0, 0.05) is 20.3 Å². The summed E-state index contributed by atoms with van der Waals surface area (Å²) in [5, 5.41) is 0.0552. The van der Waals surface area contributed by atoms with E-state index in [2.05, 4.69) is 15.0 Å². The van der Waals surface area contributed by atoms with Gasteiger partial charge in [-0.2, -0.15) is 4.98 Å². The molecule has 2 aromatic rings. The Morgan fingerprint density at radius 2 is 2.44 bits per heavy atom. The van der Waals surface area contributed by atoms with Gasteiger partial charge in [-0.3, -0.25) is 9.78 Å². The van der Waals surface area contributed by atoms with Gasteiger partial charge in [0.15, 0.2) is 11.2 Å². The third-order valence-corrected chi connectivity index (χ3v) is 2.38. The first-order valence-electron chi connectivity index (χ1n) is 4.82. The lowest BCUT2D eigenvalue weighted by Gasteiger charge is -2.02. The molecule has 1 N–H and O–H groups in total. The van der Waals surface area contributed by atoms with Gasteiger partial charge in [-0.1, -0.05) is 0 Å². The number of aryl methyl sites for hydroxylation is 1. The van der Waals surface area contributed by atoms with E-state index in [1.807, 2.05) is 0 Å². The first-order chi connectivity index (χ1) is 7.72. The number of nitrogens with zero attached hydrogens (tertiary/aromatic N) is 3. The number of H-pyrrole nitrogens is 1. The molecule has 86 valence electrons. The van der Waals surface area contributed by atoms with Crippen LogP contribution < -0.4 is 5.56 Å². The van der Waals surface area contributed by atoms with E-state index in [4.69, 9.17) is 16.3 Å². The Morgan fingerprint density at radius 1 is 1.62 bits per heavy atom. The number of imidazole rings is 1. The molecule has 0 saturated heterocycles. The summed E-state index contributed by atoms with van der Waals surface area (Å²) in [6.07, 6.45) is 2.39. The van der Waals surface area contributed by atoms with E-state index < -0.39 is 0 Å². The summed E-state index contributed by atoms with van der Waals surface area (Å²) >= 11 is 5.62. The van der Waals surface area contributed by atoms with Crippen LogP contribution in [0.3, 0.4) is 0 Å². The number of methoxy groups -OCH3 is 1. The van der Waals surface area contributed by atoms with Gasteiger partial charge in [0.05, 0.1) is 6.33 Å². The lowest BCUT2D eigenvalue weighted by atomic mass is 10.4. The van der Waals surface area contributed by atoms with Crippen molar-refractivity contribution in [3.63, 3.8) is 0 Å². The van der Waals surface area contributed by atoms with E-state index in [0.717, 1.165) is 6.42 Å². The Morgan fingerprint density at radius 3 is 3.19 bits per heavy atom. The number of aromatic amines is 1. The molecule has 0 atom stereocenters. The maximum atomic E-state index is 11.6. The standard InChI is InChI=1S/C9H11ClN4O2/c1-16-4-2-3-14-5-11-7-6(14)8(15)13-9(10)12-7/h5H,2-4H2,1H3,(H,12,13,15). The van der Waals surface area contributed by atoms with Crippen LogP contribution in [0, 0.1) is 0 Å². The Hall–Kier alpha value is -1.40. The predicted octanol–water partition coefficient (Wildman–Crippen LogP) is 0.810. The van der Waals surface area contributed by atoms with Gasteiger partial charge >= 0.3 is 0 Å². The van der Waals surface area contributed by atoms with Crippen LogP contribution in [0.25, 0.3) is 11.2 Å². The molecule has 0 radical (unpaired) electrons. The molecule has 0 aliphatic rings. The van der Waals surface area contributed by atoms with E-state index in [9.17, 15) is 4.79 Å². The monoisotopic (exact) mass is 242 g/mol. The van der Waals surface area contributed by atoms with E-state index in [-0.39, 0.29) is 10.8 Å². The zero-order valence-electron chi connectivity index (χ0n) is 8.73. The number of hydrogen-bond acceptors (Lipinski definition) is 4. The minimum atomic E-state index is -0.273. The van der Waals surface area contributed by atoms with Crippen molar-refractivity contribution in [1.29, 1.82) is 0 Å². The van der Waals surface area contributed by atoms with Crippen LogP contribution in [-0.2, 0) is 11.3 Å². The summed E-state index contributed by atoms with van der Waals surface area (Å²) < 4.78 is 6.69. The average molecular weight is 243 g/mol. The number of fused-ring (bicyclic) bond motifs is 1. The van der Waals surface area contributed by atoms with Crippen molar-refractivity contribution >= 4 is 22.8 Å². The fourth-order valence-corrected chi connectivity index (χ4v) is 1.67. The normalized spacial score (nSPS) is 11.1. The molecule has 0 amide bonds.